The number of aromatic hydroxyl groups is 1. The van der Waals surface area contributed by atoms with Crippen LogP contribution < -0.4 is 0 Å². The zero-order chi connectivity index (χ0) is 15.5. The molecule has 21 heavy (non-hydrogen) atoms. The average molecular weight is 284 g/mol. The molecule has 3 heteroatoms. The van der Waals surface area contributed by atoms with E-state index in [-0.39, 0.29) is 11.5 Å². The Labute approximate surface area is 125 Å². The molecule has 0 aliphatic carbocycles. The highest BCUT2D eigenvalue weighted by atomic mass is 16.5. The van der Waals surface area contributed by atoms with Gasteiger partial charge in [-0.15, -0.1) is 0 Å². The maximum absolute atomic E-state index is 12.4. The summed E-state index contributed by atoms with van der Waals surface area (Å²) in [7, 11) is 1.60. The second-order valence-corrected chi connectivity index (χ2v) is 5.33. The van der Waals surface area contributed by atoms with Crippen molar-refractivity contribution < 1.29 is 14.6 Å². The summed E-state index contributed by atoms with van der Waals surface area (Å²) in [6.07, 6.45) is -0.419. The molecule has 0 aliphatic heterocycles. The Morgan fingerprint density at radius 3 is 2.14 bits per heavy atom. The van der Waals surface area contributed by atoms with Crippen LogP contribution in [-0.4, -0.2) is 18.0 Å². The second kappa shape index (κ2) is 6.10. The van der Waals surface area contributed by atoms with Gasteiger partial charge in [-0.25, -0.2) is 0 Å². The Bertz CT molecular complexity index is 604. The summed E-state index contributed by atoms with van der Waals surface area (Å²) in [5.41, 5.74) is 0.988. The lowest BCUT2D eigenvalue weighted by atomic mass is 9.72. The fourth-order valence-corrected chi connectivity index (χ4v) is 2.68. The van der Waals surface area contributed by atoms with Crippen molar-refractivity contribution >= 4 is 5.78 Å². The van der Waals surface area contributed by atoms with E-state index in [1.807, 2.05) is 37.3 Å². The normalized spacial score (nSPS) is 15.2. The van der Waals surface area contributed by atoms with Gasteiger partial charge < -0.3 is 9.84 Å². The quantitative estimate of drug-likeness (QED) is 0.912. The molecule has 0 amide bonds. The first-order valence-electron chi connectivity index (χ1n) is 6.88. The van der Waals surface area contributed by atoms with E-state index < -0.39 is 11.5 Å². The summed E-state index contributed by atoms with van der Waals surface area (Å²) in [6.45, 7) is 3.48. The van der Waals surface area contributed by atoms with Crippen LogP contribution in [0.5, 0.6) is 5.75 Å². The third-order valence-corrected chi connectivity index (χ3v) is 4.06. The standard InChI is InChI=1S/C18H20O3/c1-13(19)18(2,15-7-5-4-6-8-15)17(21-3)14-9-11-16(20)12-10-14/h4-12,17,20H,1-3H3. The number of Topliss-reactive ketones (excluding diaryl/α,β-unsaturated/α-hetero) is 1. The molecular weight excluding hydrogens is 264 g/mol. The smallest absolute Gasteiger partial charge is 0.143 e. The zero-order valence-electron chi connectivity index (χ0n) is 12.5. The van der Waals surface area contributed by atoms with E-state index >= 15 is 0 Å². The summed E-state index contributed by atoms with van der Waals surface area (Å²) >= 11 is 0. The van der Waals surface area contributed by atoms with E-state index in [1.54, 1.807) is 38.3 Å². The number of carbonyl (C=O) groups excluding carboxylic acids is 1. The Hall–Kier alpha value is -2.13. The largest absolute Gasteiger partial charge is 0.508 e. The minimum atomic E-state index is -0.785. The van der Waals surface area contributed by atoms with E-state index in [2.05, 4.69) is 0 Å². The van der Waals surface area contributed by atoms with Gasteiger partial charge in [-0.2, -0.15) is 0 Å². The van der Waals surface area contributed by atoms with Gasteiger partial charge in [0.15, 0.2) is 0 Å². The SMILES string of the molecule is COC(c1ccc(O)cc1)C(C)(C(C)=O)c1ccccc1. The molecule has 0 radical (unpaired) electrons. The Morgan fingerprint density at radius 2 is 1.67 bits per heavy atom. The first-order valence-corrected chi connectivity index (χ1v) is 6.88. The van der Waals surface area contributed by atoms with E-state index in [0.717, 1.165) is 11.1 Å². The zero-order valence-corrected chi connectivity index (χ0v) is 12.5. The molecule has 2 rings (SSSR count). The third-order valence-electron chi connectivity index (χ3n) is 4.06. The van der Waals surface area contributed by atoms with Crippen LogP contribution in [0.4, 0.5) is 0 Å². The van der Waals surface area contributed by atoms with Gasteiger partial charge in [-0.1, -0.05) is 42.5 Å². The number of rotatable bonds is 5. The molecule has 0 heterocycles. The summed E-state index contributed by atoms with van der Waals surface area (Å²) < 4.78 is 5.65. The third kappa shape index (κ3) is 2.83. The molecule has 0 saturated heterocycles. The molecule has 0 fully saturated rings. The maximum Gasteiger partial charge on any atom is 0.143 e. The molecule has 0 aliphatic rings. The molecule has 2 unspecified atom stereocenters. The van der Waals surface area contributed by atoms with Gasteiger partial charge >= 0.3 is 0 Å². The number of hydrogen-bond donors (Lipinski definition) is 1. The Morgan fingerprint density at radius 1 is 1.10 bits per heavy atom. The molecule has 3 nitrogen and oxygen atoms in total. The molecule has 110 valence electrons. The van der Waals surface area contributed by atoms with E-state index in [4.69, 9.17) is 4.74 Å². The van der Waals surface area contributed by atoms with Crippen molar-refractivity contribution in [1.29, 1.82) is 0 Å². The van der Waals surface area contributed by atoms with Crippen molar-refractivity contribution in [3.8, 4) is 5.75 Å². The number of phenols is 1. The lowest BCUT2D eigenvalue weighted by Crippen LogP contribution is -2.38. The summed E-state index contributed by atoms with van der Waals surface area (Å²) in [5, 5.41) is 9.43. The van der Waals surface area contributed by atoms with Crippen LogP contribution >= 0.6 is 0 Å². The van der Waals surface area contributed by atoms with Gasteiger partial charge in [0.05, 0.1) is 11.5 Å². The minimum Gasteiger partial charge on any atom is -0.508 e. The lowest BCUT2D eigenvalue weighted by Gasteiger charge is -2.35. The van der Waals surface area contributed by atoms with E-state index in [1.165, 1.54) is 0 Å². The van der Waals surface area contributed by atoms with Crippen LogP contribution in [0.25, 0.3) is 0 Å². The molecule has 2 atom stereocenters. The fraction of sp³-hybridized carbons (Fsp3) is 0.278. The molecule has 2 aromatic rings. The van der Waals surface area contributed by atoms with Gasteiger partial charge in [-0.05, 0) is 37.1 Å². The molecule has 2 aromatic carbocycles. The fourth-order valence-electron chi connectivity index (χ4n) is 2.68. The highest BCUT2D eigenvalue weighted by Gasteiger charge is 2.41. The van der Waals surface area contributed by atoms with E-state index in [0.29, 0.717) is 0 Å². The average Bonchev–Trinajstić information content (AvgIpc) is 2.50. The number of ether oxygens (including phenoxy) is 1. The van der Waals surface area contributed by atoms with Gasteiger partial charge in [0.25, 0.3) is 0 Å². The number of benzene rings is 2. The van der Waals surface area contributed by atoms with Crippen molar-refractivity contribution in [1.82, 2.24) is 0 Å². The first-order chi connectivity index (χ1) is 10.00. The number of carbonyl (C=O) groups is 1. The first kappa shape index (κ1) is 15.3. The Balaban J connectivity index is 2.54. The van der Waals surface area contributed by atoms with Crippen molar-refractivity contribution in [2.45, 2.75) is 25.4 Å². The highest BCUT2D eigenvalue weighted by Crippen LogP contribution is 2.40. The van der Waals surface area contributed by atoms with Crippen LogP contribution in [0.3, 0.4) is 0 Å². The van der Waals surface area contributed by atoms with Gasteiger partial charge in [-0.3, -0.25) is 4.79 Å². The predicted octanol–water partition coefficient (Wildman–Crippen LogP) is 3.63. The summed E-state index contributed by atoms with van der Waals surface area (Å²) in [4.78, 5) is 12.4. The lowest BCUT2D eigenvalue weighted by molar-refractivity contribution is -0.127. The predicted molar refractivity (Wildman–Crippen MR) is 82.3 cm³/mol. The minimum absolute atomic E-state index is 0.0358. The highest BCUT2D eigenvalue weighted by molar-refractivity contribution is 5.88. The maximum atomic E-state index is 12.4. The molecular formula is C18H20O3. The number of methoxy groups -OCH3 is 1. The molecule has 0 saturated carbocycles. The molecule has 1 N–H and O–H groups in total. The number of phenolic OH excluding ortho intramolecular Hbond substituents is 1. The number of hydrogen-bond acceptors (Lipinski definition) is 3. The van der Waals surface area contributed by atoms with Crippen molar-refractivity contribution in [2.24, 2.45) is 0 Å². The molecule has 0 spiro atoms. The molecule has 0 bridgehead atoms. The van der Waals surface area contributed by atoms with Crippen LogP contribution in [0.1, 0.15) is 31.1 Å². The van der Waals surface area contributed by atoms with Crippen molar-refractivity contribution in [2.75, 3.05) is 7.11 Å². The van der Waals surface area contributed by atoms with Crippen LogP contribution in [0.15, 0.2) is 54.6 Å². The van der Waals surface area contributed by atoms with Crippen LogP contribution in [0, 0.1) is 0 Å². The van der Waals surface area contributed by atoms with Crippen molar-refractivity contribution in [3.63, 3.8) is 0 Å². The number of ketones is 1. The summed E-state index contributed by atoms with van der Waals surface area (Å²) in [5.74, 6) is 0.228. The van der Waals surface area contributed by atoms with Crippen LogP contribution in [0.2, 0.25) is 0 Å². The van der Waals surface area contributed by atoms with Gasteiger partial charge in [0, 0.05) is 7.11 Å². The topological polar surface area (TPSA) is 46.5 Å². The van der Waals surface area contributed by atoms with Crippen molar-refractivity contribution in [3.05, 3.63) is 65.7 Å². The second-order valence-electron chi connectivity index (χ2n) is 5.33. The van der Waals surface area contributed by atoms with Gasteiger partial charge in [0.2, 0.25) is 0 Å². The van der Waals surface area contributed by atoms with Gasteiger partial charge in [0.1, 0.15) is 11.5 Å². The van der Waals surface area contributed by atoms with Crippen LogP contribution in [-0.2, 0) is 14.9 Å². The monoisotopic (exact) mass is 284 g/mol. The molecule has 0 aromatic heterocycles. The van der Waals surface area contributed by atoms with E-state index in [9.17, 15) is 9.90 Å². The Kier molecular flexibility index (Phi) is 4.43. The summed E-state index contributed by atoms with van der Waals surface area (Å²) in [6, 6.07) is 16.4.